The van der Waals surface area contributed by atoms with E-state index in [2.05, 4.69) is 25.5 Å². The predicted octanol–water partition coefficient (Wildman–Crippen LogP) is 2.22. The van der Waals surface area contributed by atoms with E-state index in [0.717, 1.165) is 36.7 Å². The van der Waals surface area contributed by atoms with Crippen molar-refractivity contribution in [3.63, 3.8) is 0 Å². The van der Waals surface area contributed by atoms with Gasteiger partial charge in [-0.05, 0) is 19.1 Å². The lowest BCUT2D eigenvalue weighted by Crippen LogP contribution is -2.37. The van der Waals surface area contributed by atoms with Gasteiger partial charge in [-0.1, -0.05) is 0 Å². The highest BCUT2D eigenvalue weighted by molar-refractivity contribution is 5.89. The number of carbonyl (C=O) groups excluding carboxylic acids is 1. The van der Waals surface area contributed by atoms with Gasteiger partial charge >= 0.3 is 6.03 Å². The number of hydrogen-bond acceptors (Lipinski definition) is 5. The Morgan fingerprint density at radius 2 is 1.96 bits per heavy atom. The largest absolute Gasteiger partial charge is 0.378 e. The topological polar surface area (TPSA) is 79.4 Å². The van der Waals surface area contributed by atoms with Crippen molar-refractivity contribution < 1.29 is 18.3 Å². The molecular formula is C17H19F2N5O2. The second-order valence-corrected chi connectivity index (χ2v) is 5.82. The van der Waals surface area contributed by atoms with E-state index in [9.17, 15) is 13.6 Å². The summed E-state index contributed by atoms with van der Waals surface area (Å²) < 4.78 is 31.4. The number of urea groups is 1. The number of aromatic nitrogens is 2. The van der Waals surface area contributed by atoms with E-state index in [1.165, 1.54) is 6.07 Å². The van der Waals surface area contributed by atoms with Crippen molar-refractivity contribution in [3.05, 3.63) is 47.4 Å². The van der Waals surface area contributed by atoms with E-state index < -0.39 is 17.7 Å². The van der Waals surface area contributed by atoms with Gasteiger partial charge in [0.1, 0.15) is 11.6 Å². The van der Waals surface area contributed by atoms with E-state index >= 15 is 0 Å². The Kier molecular flexibility index (Phi) is 5.57. The van der Waals surface area contributed by atoms with Gasteiger partial charge in [0.2, 0.25) is 0 Å². The van der Waals surface area contributed by atoms with E-state index in [4.69, 9.17) is 4.74 Å². The van der Waals surface area contributed by atoms with Crippen LogP contribution in [0.15, 0.2) is 24.3 Å². The molecule has 26 heavy (non-hydrogen) atoms. The first-order valence-electron chi connectivity index (χ1n) is 8.18. The van der Waals surface area contributed by atoms with E-state index in [1.54, 1.807) is 0 Å². The predicted molar refractivity (Wildman–Crippen MR) is 92.0 cm³/mol. The molecule has 7 nitrogen and oxygen atoms in total. The second kappa shape index (κ2) is 8.05. The number of carbonyl (C=O) groups is 1. The third-order valence-electron chi connectivity index (χ3n) is 3.81. The van der Waals surface area contributed by atoms with Gasteiger partial charge in [-0.2, -0.15) is 0 Å². The molecule has 1 aromatic carbocycles. The summed E-state index contributed by atoms with van der Waals surface area (Å²) in [5.74, 6) is -0.745. The molecule has 0 unspecified atom stereocenters. The van der Waals surface area contributed by atoms with Crippen molar-refractivity contribution in [2.24, 2.45) is 0 Å². The molecule has 1 saturated heterocycles. The fourth-order valence-electron chi connectivity index (χ4n) is 2.55. The number of halogens is 2. The second-order valence-electron chi connectivity index (χ2n) is 5.82. The maximum absolute atomic E-state index is 13.2. The standard InChI is InChI=1S/C17H19F2N5O2/c1-11-8-16(24-4-6-26-7-5-24)23-15(21-11)10-20-17(25)22-12-2-3-13(18)14(19)9-12/h2-3,8-9H,4-7,10H2,1H3,(H2,20,22,25). The number of ether oxygens (including phenoxy) is 1. The molecular weight excluding hydrogens is 344 g/mol. The molecule has 1 fully saturated rings. The molecule has 138 valence electrons. The smallest absolute Gasteiger partial charge is 0.319 e. The molecule has 0 radical (unpaired) electrons. The monoisotopic (exact) mass is 363 g/mol. The Bertz CT molecular complexity index is 797. The first-order chi connectivity index (χ1) is 12.5. The molecule has 0 aliphatic carbocycles. The third kappa shape index (κ3) is 4.63. The fourth-order valence-corrected chi connectivity index (χ4v) is 2.55. The van der Waals surface area contributed by atoms with E-state index in [1.807, 2.05) is 13.0 Å². The number of nitrogens with one attached hydrogen (secondary N) is 2. The maximum atomic E-state index is 13.2. The number of nitrogens with zero attached hydrogens (tertiary/aromatic N) is 3. The number of amides is 2. The summed E-state index contributed by atoms with van der Waals surface area (Å²) in [5, 5.41) is 5.04. The SMILES string of the molecule is Cc1cc(N2CCOCC2)nc(CNC(=O)Nc2ccc(F)c(F)c2)n1. The van der Waals surface area contributed by atoms with Gasteiger partial charge in [0.05, 0.1) is 19.8 Å². The molecule has 9 heteroatoms. The molecule has 0 spiro atoms. The van der Waals surface area contributed by atoms with Crippen LogP contribution in [-0.2, 0) is 11.3 Å². The van der Waals surface area contributed by atoms with Crippen LogP contribution in [0.5, 0.6) is 0 Å². The minimum Gasteiger partial charge on any atom is -0.378 e. The number of aryl methyl sites for hydroxylation is 1. The van der Waals surface area contributed by atoms with E-state index in [0.29, 0.717) is 19.0 Å². The highest BCUT2D eigenvalue weighted by atomic mass is 19.2. The van der Waals surface area contributed by atoms with Crippen molar-refractivity contribution in [1.82, 2.24) is 15.3 Å². The van der Waals surface area contributed by atoms with Crippen molar-refractivity contribution in [2.45, 2.75) is 13.5 Å². The van der Waals surface area contributed by atoms with Gasteiger partial charge in [0.25, 0.3) is 0 Å². The Hall–Kier alpha value is -2.81. The lowest BCUT2D eigenvalue weighted by atomic mass is 10.3. The molecule has 1 aliphatic heterocycles. The molecule has 1 aliphatic rings. The molecule has 0 saturated carbocycles. The number of morpholine rings is 1. The number of hydrogen-bond donors (Lipinski definition) is 2. The zero-order chi connectivity index (χ0) is 18.5. The van der Waals surface area contributed by atoms with Crippen molar-refractivity contribution in [2.75, 3.05) is 36.5 Å². The van der Waals surface area contributed by atoms with Crippen LogP contribution in [0.3, 0.4) is 0 Å². The van der Waals surface area contributed by atoms with Crippen molar-refractivity contribution >= 4 is 17.5 Å². The summed E-state index contributed by atoms with van der Waals surface area (Å²) in [6.07, 6.45) is 0. The van der Waals surface area contributed by atoms with Crippen LogP contribution >= 0.6 is 0 Å². The maximum Gasteiger partial charge on any atom is 0.319 e. The summed E-state index contributed by atoms with van der Waals surface area (Å²) >= 11 is 0. The normalized spacial score (nSPS) is 14.2. The van der Waals surface area contributed by atoms with Crippen LogP contribution in [0.1, 0.15) is 11.5 Å². The summed E-state index contributed by atoms with van der Waals surface area (Å²) in [4.78, 5) is 22.8. The highest BCUT2D eigenvalue weighted by Crippen LogP contribution is 2.15. The van der Waals surface area contributed by atoms with Crippen LogP contribution in [0.25, 0.3) is 0 Å². The number of anilines is 2. The van der Waals surface area contributed by atoms with Crippen molar-refractivity contribution in [3.8, 4) is 0 Å². The average molecular weight is 363 g/mol. The molecule has 0 atom stereocenters. The molecule has 0 bridgehead atoms. The molecule has 2 heterocycles. The average Bonchev–Trinajstić information content (AvgIpc) is 2.63. The first kappa shape index (κ1) is 18.0. The molecule has 2 aromatic rings. The Balaban J connectivity index is 1.60. The van der Waals surface area contributed by atoms with E-state index in [-0.39, 0.29) is 12.2 Å². The quantitative estimate of drug-likeness (QED) is 0.871. The van der Waals surface area contributed by atoms with Crippen LogP contribution in [0, 0.1) is 18.6 Å². The van der Waals surface area contributed by atoms with Gasteiger partial charge in [0, 0.05) is 36.6 Å². The summed E-state index contributed by atoms with van der Waals surface area (Å²) in [5.41, 5.74) is 0.944. The van der Waals surface area contributed by atoms with Gasteiger partial charge < -0.3 is 20.3 Å². The van der Waals surface area contributed by atoms with Crippen LogP contribution in [0.4, 0.5) is 25.1 Å². The van der Waals surface area contributed by atoms with Crippen LogP contribution in [-0.4, -0.2) is 42.3 Å². The highest BCUT2D eigenvalue weighted by Gasteiger charge is 2.14. The Morgan fingerprint density at radius 1 is 1.19 bits per heavy atom. The minimum atomic E-state index is -1.03. The molecule has 1 aromatic heterocycles. The third-order valence-corrected chi connectivity index (χ3v) is 3.81. The zero-order valence-corrected chi connectivity index (χ0v) is 14.3. The van der Waals surface area contributed by atoms with Gasteiger partial charge in [-0.3, -0.25) is 0 Å². The number of benzene rings is 1. The Labute approximate surface area is 149 Å². The number of rotatable bonds is 4. The lowest BCUT2D eigenvalue weighted by molar-refractivity contribution is 0.122. The van der Waals surface area contributed by atoms with Gasteiger partial charge in [0.15, 0.2) is 11.6 Å². The van der Waals surface area contributed by atoms with Crippen LogP contribution < -0.4 is 15.5 Å². The molecule has 3 rings (SSSR count). The minimum absolute atomic E-state index is 0.106. The van der Waals surface area contributed by atoms with Gasteiger partial charge in [-0.25, -0.2) is 23.5 Å². The fraction of sp³-hybridized carbons (Fsp3) is 0.353. The zero-order valence-electron chi connectivity index (χ0n) is 14.3. The summed E-state index contributed by atoms with van der Waals surface area (Å²) in [7, 11) is 0. The van der Waals surface area contributed by atoms with Crippen LogP contribution in [0.2, 0.25) is 0 Å². The molecule has 2 N–H and O–H groups in total. The lowest BCUT2D eigenvalue weighted by Gasteiger charge is -2.28. The summed E-state index contributed by atoms with van der Waals surface area (Å²) in [6.45, 7) is 4.76. The van der Waals surface area contributed by atoms with Gasteiger partial charge in [-0.15, -0.1) is 0 Å². The molecule has 2 amide bonds. The Morgan fingerprint density at radius 3 is 2.69 bits per heavy atom. The van der Waals surface area contributed by atoms with Crippen molar-refractivity contribution in [1.29, 1.82) is 0 Å². The first-order valence-corrected chi connectivity index (χ1v) is 8.18. The summed E-state index contributed by atoms with van der Waals surface area (Å²) in [6, 6.07) is 4.46.